The van der Waals surface area contributed by atoms with Crippen LogP contribution in [0.25, 0.3) is 5.69 Å². The highest BCUT2D eigenvalue weighted by Gasteiger charge is 2.37. The molecular weight excluding hydrogens is 316 g/mol. The predicted molar refractivity (Wildman–Crippen MR) is 95.7 cm³/mol. The number of hydrogen-bond donors (Lipinski definition) is 1. The Balaban J connectivity index is 1.65. The monoisotopic (exact) mass is 342 g/mol. The molecule has 1 amide bonds. The Bertz CT molecular complexity index is 734. The molecule has 1 N–H and O–H groups in total. The molecule has 25 heavy (non-hydrogen) atoms. The summed E-state index contributed by atoms with van der Waals surface area (Å²) in [6, 6.07) is 5.67. The average molecular weight is 342 g/mol. The van der Waals surface area contributed by atoms with Crippen LogP contribution in [0.5, 0.6) is 0 Å². The molecule has 0 saturated carbocycles. The largest absolute Gasteiger partial charge is 0.377 e. The molecule has 0 radical (unpaired) electrons. The number of nitrogens with zero attached hydrogens (tertiary/aromatic N) is 3. The normalized spacial score (nSPS) is 20.6. The second kappa shape index (κ2) is 6.96. The number of hydrogen-bond acceptors (Lipinski definition) is 4. The zero-order valence-corrected chi connectivity index (χ0v) is 15.3. The van der Waals surface area contributed by atoms with Crippen molar-refractivity contribution in [2.24, 2.45) is 11.3 Å². The third-order valence-electron chi connectivity index (χ3n) is 4.73. The Morgan fingerprint density at radius 1 is 1.40 bits per heavy atom. The Morgan fingerprint density at radius 2 is 2.20 bits per heavy atom. The van der Waals surface area contributed by atoms with Gasteiger partial charge in [-0.1, -0.05) is 20.8 Å². The number of amides is 1. The Morgan fingerprint density at radius 3 is 2.84 bits per heavy atom. The van der Waals surface area contributed by atoms with Gasteiger partial charge in [0.05, 0.1) is 11.8 Å². The molecule has 0 bridgehead atoms. The first-order valence-electron chi connectivity index (χ1n) is 8.71. The van der Waals surface area contributed by atoms with Crippen LogP contribution in [0.15, 0.2) is 30.9 Å². The third kappa shape index (κ3) is 3.90. The lowest BCUT2D eigenvalue weighted by atomic mass is 9.81. The summed E-state index contributed by atoms with van der Waals surface area (Å²) in [5.41, 5.74) is 2.58. The lowest BCUT2D eigenvalue weighted by molar-refractivity contribution is 0.00737. The number of nitrogens with one attached hydrogen (secondary N) is 1. The molecule has 0 spiro atoms. The molecule has 134 valence electrons. The van der Waals surface area contributed by atoms with Crippen molar-refractivity contribution in [3.8, 4) is 5.69 Å². The van der Waals surface area contributed by atoms with E-state index in [0.29, 0.717) is 18.0 Å². The SMILES string of the molecule is Cc1cc(-n2cncn2)ccc1C(=O)NC[C@@H]1CCO[C@H]1C(C)(C)C. The predicted octanol–water partition coefficient (Wildman–Crippen LogP) is 2.76. The zero-order valence-electron chi connectivity index (χ0n) is 15.3. The molecule has 6 heteroatoms. The lowest BCUT2D eigenvalue weighted by Gasteiger charge is -2.31. The first kappa shape index (κ1) is 17.6. The van der Waals surface area contributed by atoms with E-state index in [1.807, 2.05) is 25.1 Å². The molecule has 0 unspecified atom stereocenters. The standard InChI is InChI=1S/C19H26N4O2/c1-13-9-15(23-12-20-11-22-23)5-6-16(13)18(24)21-10-14-7-8-25-17(14)19(2,3)4/h5-6,9,11-12,14,17H,7-8,10H2,1-4H3,(H,21,24)/t14-,17+/m0/s1. The summed E-state index contributed by atoms with van der Waals surface area (Å²) >= 11 is 0. The van der Waals surface area contributed by atoms with E-state index in [2.05, 4.69) is 36.2 Å². The van der Waals surface area contributed by atoms with E-state index in [1.54, 1.807) is 11.0 Å². The van der Waals surface area contributed by atoms with Gasteiger partial charge in [-0.15, -0.1) is 0 Å². The first-order chi connectivity index (χ1) is 11.9. The van der Waals surface area contributed by atoms with E-state index < -0.39 is 0 Å². The van der Waals surface area contributed by atoms with Crippen LogP contribution in [0.4, 0.5) is 0 Å². The van der Waals surface area contributed by atoms with Gasteiger partial charge in [0, 0.05) is 24.6 Å². The van der Waals surface area contributed by atoms with Crippen LogP contribution in [-0.2, 0) is 4.74 Å². The molecule has 0 aliphatic carbocycles. The van der Waals surface area contributed by atoms with Crippen molar-refractivity contribution in [2.45, 2.75) is 40.2 Å². The minimum absolute atomic E-state index is 0.0396. The number of aromatic nitrogens is 3. The van der Waals surface area contributed by atoms with Crippen molar-refractivity contribution >= 4 is 5.91 Å². The molecule has 2 atom stereocenters. The van der Waals surface area contributed by atoms with E-state index in [0.717, 1.165) is 24.3 Å². The maximum Gasteiger partial charge on any atom is 0.251 e. The van der Waals surface area contributed by atoms with E-state index in [4.69, 9.17) is 4.74 Å². The fourth-order valence-electron chi connectivity index (χ4n) is 3.51. The summed E-state index contributed by atoms with van der Waals surface area (Å²) in [7, 11) is 0. The maximum absolute atomic E-state index is 12.6. The molecule has 1 fully saturated rings. The van der Waals surface area contributed by atoms with Crippen LogP contribution in [-0.4, -0.2) is 39.9 Å². The van der Waals surface area contributed by atoms with Gasteiger partial charge in [-0.25, -0.2) is 9.67 Å². The van der Waals surface area contributed by atoms with Crippen molar-refractivity contribution in [3.63, 3.8) is 0 Å². The zero-order chi connectivity index (χ0) is 18.0. The molecule has 2 heterocycles. The molecule has 2 aromatic rings. The van der Waals surface area contributed by atoms with Crippen LogP contribution in [0, 0.1) is 18.3 Å². The second-order valence-electron chi connectivity index (χ2n) is 7.76. The van der Waals surface area contributed by atoms with Crippen LogP contribution < -0.4 is 5.32 Å². The number of rotatable bonds is 4. The molecule has 1 saturated heterocycles. The summed E-state index contributed by atoms with van der Waals surface area (Å²) in [5, 5.41) is 7.20. The molecule has 3 rings (SSSR count). The molecular formula is C19H26N4O2. The van der Waals surface area contributed by atoms with Crippen LogP contribution in [0.3, 0.4) is 0 Å². The topological polar surface area (TPSA) is 69.0 Å². The van der Waals surface area contributed by atoms with Crippen LogP contribution in [0.1, 0.15) is 43.1 Å². The summed E-state index contributed by atoms with van der Waals surface area (Å²) in [5.74, 6) is 0.320. The fraction of sp³-hybridized carbons (Fsp3) is 0.526. The highest BCUT2D eigenvalue weighted by Crippen LogP contribution is 2.34. The van der Waals surface area contributed by atoms with Gasteiger partial charge in [0.2, 0.25) is 0 Å². The van der Waals surface area contributed by atoms with Crippen molar-refractivity contribution in [1.82, 2.24) is 20.1 Å². The quantitative estimate of drug-likeness (QED) is 0.927. The van der Waals surface area contributed by atoms with E-state index >= 15 is 0 Å². The second-order valence-corrected chi connectivity index (χ2v) is 7.76. The smallest absolute Gasteiger partial charge is 0.251 e. The highest BCUT2D eigenvalue weighted by atomic mass is 16.5. The average Bonchev–Trinajstić information content (AvgIpc) is 3.23. The molecule has 1 aromatic carbocycles. The molecule has 6 nitrogen and oxygen atoms in total. The fourth-order valence-corrected chi connectivity index (χ4v) is 3.51. The minimum Gasteiger partial charge on any atom is -0.377 e. The van der Waals surface area contributed by atoms with E-state index in [9.17, 15) is 4.79 Å². The Hall–Kier alpha value is -2.21. The Kier molecular flexibility index (Phi) is 4.90. The third-order valence-corrected chi connectivity index (χ3v) is 4.73. The van der Waals surface area contributed by atoms with Gasteiger partial charge in [-0.05, 0) is 42.5 Å². The van der Waals surface area contributed by atoms with Crippen molar-refractivity contribution in [3.05, 3.63) is 42.0 Å². The van der Waals surface area contributed by atoms with Gasteiger partial charge in [0.25, 0.3) is 5.91 Å². The highest BCUT2D eigenvalue weighted by molar-refractivity contribution is 5.95. The molecule has 1 aliphatic heterocycles. The van der Waals surface area contributed by atoms with Gasteiger partial charge >= 0.3 is 0 Å². The summed E-state index contributed by atoms with van der Waals surface area (Å²) in [6.45, 7) is 9.91. The van der Waals surface area contributed by atoms with Gasteiger partial charge in [0.1, 0.15) is 12.7 Å². The first-order valence-corrected chi connectivity index (χ1v) is 8.71. The summed E-state index contributed by atoms with van der Waals surface area (Å²) in [6.07, 6.45) is 4.31. The van der Waals surface area contributed by atoms with Crippen LogP contribution >= 0.6 is 0 Å². The van der Waals surface area contributed by atoms with Crippen LogP contribution in [0.2, 0.25) is 0 Å². The summed E-state index contributed by atoms with van der Waals surface area (Å²) < 4.78 is 7.56. The summed E-state index contributed by atoms with van der Waals surface area (Å²) in [4.78, 5) is 16.5. The van der Waals surface area contributed by atoms with Gasteiger partial charge < -0.3 is 10.1 Å². The maximum atomic E-state index is 12.6. The van der Waals surface area contributed by atoms with Crippen molar-refractivity contribution < 1.29 is 9.53 Å². The van der Waals surface area contributed by atoms with Gasteiger partial charge in [-0.3, -0.25) is 4.79 Å². The number of aryl methyl sites for hydroxylation is 1. The molecule has 1 aromatic heterocycles. The van der Waals surface area contributed by atoms with Gasteiger partial charge in [-0.2, -0.15) is 5.10 Å². The van der Waals surface area contributed by atoms with Crippen molar-refractivity contribution in [2.75, 3.05) is 13.2 Å². The van der Waals surface area contributed by atoms with E-state index in [1.165, 1.54) is 6.33 Å². The molecule has 1 aliphatic rings. The van der Waals surface area contributed by atoms with Crippen molar-refractivity contribution in [1.29, 1.82) is 0 Å². The van der Waals surface area contributed by atoms with E-state index in [-0.39, 0.29) is 17.4 Å². The Labute approximate surface area is 148 Å². The number of ether oxygens (including phenoxy) is 1. The lowest BCUT2D eigenvalue weighted by Crippen LogP contribution is -2.38. The number of carbonyl (C=O) groups excluding carboxylic acids is 1. The minimum atomic E-state index is -0.0396. The number of benzene rings is 1. The van der Waals surface area contributed by atoms with Gasteiger partial charge in [0.15, 0.2) is 0 Å². The number of carbonyl (C=O) groups is 1.